The molecule has 0 bridgehead atoms. The summed E-state index contributed by atoms with van der Waals surface area (Å²) >= 11 is 0. The van der Waals surface area contributed by atoms with Crippen molar-refractivity contribution >= 4 is 0 Å². The highest BCUT2D eigenvalue weighted by atomic mass is 16.5. The van der Waals surface area contributed by atoms with Crippen LogP contribution in [0.4, 0.5) is 0 Å². The maximum absolute atomic E-state index is 9.60. The summed E-state index contributed by atoms with van der Waals surface area (Å²) in [5.74, 6) is 1.22. The molecule has 2 aromatic rings. The minimum Gasteiger partial charge on any atom is -0.508 e. The van der Waals surface area contributed by atoms with Crippen LogP contribution < -0.4 is 10.1 Å². The summed E-state index contributed by atoms with van der Waals surface area (Å²) in [4.78, 5) is 2.58. The van der Waals surface area contributed by atoms with Gasteiger partial charge in [-0.1, -0.05) is 30.7 Å². The molecule has 1 unspecified atom stereocenters. The molecule has 0 saturated carbocycles. The fourth-order valence-corrected chi connectivity index (χ4v) is 3.53. The first-order valence-corrected chi connectivity index (χ1v) is 9.13. The van der Waals surface area contributed by atoms with Gasteiger partial charge in [-0.25, -0.2) is 0 Å². The van der Waals surface area contributed by atoms with Crippen molar-refractivity contribution in [2.45, 2.75) is 31.8 Å². The van der Waals surface area contributed by atoms with Gasteiger partial charge in [0.15, 0.2) is 0 Å². The van der Waals surface area contributed by atoms with E-state index < -0.39 is 0 Å². The number of piperidine rings is 1. The van der Waals surface area contributed by atoms with Gasteiger partial charge in [-0.3, -0.25) is 4.90 Å². The monoisotopic (exact) mass is 340 g/mol. The fraction of sp³-hybridized carbons (Fsp3) is 0.429. The van der Waals surface area contributed by atoms with Crippen molar-refractivity contribution in [3.8, 4) is 11.5 Å². The normalized spacial score (nSPS) is 16.5. The maximum Gasteiger partial charge on any atom is 0.118 e. The molecule has 4 nitrogen and oxygen atoms in total. The zero-order valence-corrected chi connectivity index (χ0v) is 14.9. The zero-order chi connectivity index (χ0) is 17.5. The number of phenols is 1. The summed E-state index contributed by atoms with van der Waals surface area (Å²) in [5, 5.41) is 13.2. The number of hydrogen-bond donors (Lipinski definition) is 2. The van der Waals surface area contributed by atoms with Crippen molar-refractivity contribution in [1.82, 2.24) is 10.2 Å². The van der Waals surface area contributed by atoms with E-state index in [1.165, 1.54) is 24.8 Å². The summed E-state index contributed by atoms with van der Waals surface area (Å²) in [6.07, 6.45) is 3.89. The Morgan fingerprint density at radius 1 is 1.08 bits per heavy atom. The third-order valence-corrected chi connectivity index (χ3v) is 4.91. The van der Waals surface area contributed by atoms with Crippen LogP contribution in [0.5, 0.6) is 11.5 Å². The molecule has 1 saturated heterocycles. The van der Waals surface area contributed by atoms with Crippen molar-refractivity contribution in [3.63, 3.8) is 0 Å². The van der Waals surface area contributed by atoms with Gasteiger partial charge < -0.3 is 15.2 Å². The molecule has 0 aliphatic carbocycles. The highest BCUT2D eigenvalue weighted by Crippen LogP contribution is 2.26. The molecular weight excluding hydrogens is 312 g/mol. The summed E-state index contributed by atoms with van der Waals surface area (Å²) in [5.41, 5.74) is 2.43. The Kier molecular flexibility index (Phi) is 6.31. The van der Waals surface area contributed by atoms with Gasteiger partial charge in [0.05, 0.1) is 7.11 Å². The van der Waals surface area contributed by atoms with Crippen LogP contribution in [0.1, 0.15) is 36.4 Å². The molecule has 2 N–H and O–H groups in total. The predicted octanol–water partition coefficient (Wildman–Crippen LogP) is 3.72. The van der Waals surface area contributed by atoms with Crippen molar-refractivity contribution in [2.24, 2.45) is 0 Å². The van der Waals surface area contributed by atoms with E-state index in [0.29, 0.717) is 11.8 Å². The number of ether oxygens (including phenoxy) is 1. The van der Waals surface area contributed by atoms with Gasteiger partial charge in [0.1, 0.15) is 11.5 Å². The molecular formula is C21H28N2O2. The van der Waals surface area contributed by atoms with Gasteiger partial charge in [-0.15, -0.1) is 0 Å². The molecule has 0 amide bonds. The maximum atomic E-state index is 9.60. The number of rotatable bonds is 7. The lowest BCUT2D eigenvalue weighted by molar-refractivity contribution is 0.160. The van der Waals surface area contributed by atoms with E-state index in [4.69, 9.17) is 4.74 Å². The molecule has 2 aromatic carbocycles. The highest BCUT2D eigenvalue weighted by Gasteiger charge is 2.22. The van der Waals surface area contributed by atoms with Crippen molar-refractivity contribution < 1.29 is 9.84 Å². The lowest BCUT2D eigenvalue weighted by Crippen LogP contribution is -2.39. The van der Waals surface area contributed by atoms with Gasteiger partial charge in [0, 0.05) is 19.1 Å². The predicted molar refractivity (Wildman–Crippen MR) is 101 cm³/mol. The second-order valence-electron chi connectivity index (χ2n) is 6.69. The lowest BCUT2D eigenvalue weighted by atomic mass is 10.0. The van der Waals surface area contributed by atoms with Crippen LogP contribution in [0.3, 0.4) is 0 Å². The van der Waals surface area contributed by atoms with E-state index in [1.807, 2.05) is 30.3 Å². The number of likely N-dealkylation sites (tertiary alicyclic amines) is 1. The second kappa shape index (κ2) is 8.88. The van der Waals surface area contributed by atoms with Gasteiger partial charge in [0.25, 0.3) is 0 Å². The summed E-state index contributed by atoms with van der Waals surface area (Å²) in [7, 11) is 1.70. The summed E-state index contributed by atoms with van der Waals surface area (Å²) in [6, 6.07) is 16.2. The molecule has 25 heavy (non-hydrogen) atoms. The van der Waals surface area contributed by atoms with E-state index >= 15 is 0 Å². The van der Waals surface area contributed by atoms with Crippen LogP contribution in [0, 0.1) is 0 Å². The van der Waals surface area contributed by atoms with E-state index in [1.54, 1.807) is 13.2 Å². The molecule has 1 heterocycles. The third kappa shape index (κ3) is 4.97. The lowest BCUT2D eigenvalue weighted by Gasteiger charge is -2.35. The van der Waals surface area contributed by atoms with Crippen molar-refractivity contribution in [2.75, 3.05) is 26.7 Å². The molecule has 0 radical (unpaired) electrons. The standard InChI is InChI=1S/C21H28N2O2/c1-25-20-10-8-18(9-11-20)21(23-12-3-2-4-13-23)16-22-15-17-6-5-7-19(24)14-17/h5-11,14,21-22,24H,2-4,12-13,15-16H2,1H3. The number of phenolic OH excluding ortho intramolecular Hbond substituents is 1. The molecule has 1 aliphatic rings. The van der Waals surface area contributed by atoms with Crippen LogP contribution in [0.15, 0.2) is 48.5 Å². The first-order chi connectivity index (χ1) is 12.3. The van der Waals surface area contributed by atoms with Gasteiger partial charge in [0.2, 0.25) is 0 Å². The topological polar surface area (TPSA) is 44.7 Å². The summed E-state index contributed by atoms with van der Waals surface area (Å²) in [6.45, 7) is 3.96. The number of hydrogen-bond acceptors (Lipinski definition) is 4. The number of aromatic hydroxyl groups is 1. The van der Waals surface area contributed by atoms with Crippen LogP contribution >= 0.6 is 0 Å². The van der Waals surface area contributed by atoms with E-state index in [0.717, 1.165) is 37.5 Å². The average molecular weight is 340 g/mol. The molecule has 4 heteroatoms. The number of methoxy groups -OCH3 is 1. The minimum absolute atomic E-state index is 0.321. The Bertz CT molecular complexity index is 651. The minimum atomic E-state index is 0.321. The van der Waals surface area contributed by atoms with Gasteiger partial charge in [-0.2, -0.15) is 0 Å². The second-order valence-corrected chi connectivity index (χ2v) is 6.69. The molecule has 3 rings (SSSR count). The van der Waals surface area contributed by atoms with Crippen LogP contribution in [-0.2, 0) is 6.54 Å². The first-order valence-electron chi connectivity index (χ1n) is 9.13. The largest absolute Gasteiger partial charge is 0.508 e. The van der Waals surface area contributed by atoms with Crippen molar-refractivity contribution in [1.29, 1.82) is 0 Å². The molecule has 1 aliphatic heterocycles. The van der Waals surface area contributed by atoms with Crippen LogP contribution in [0.2, 0.25) is 0 Å². The molecule has 134 valence electrons. The Morgan fingerprint density at radius 3 is 2.52 bits per heavy atom. The Balaban J connectivity index is 1.67. The molecule has 1 fully saturated rings. The molecule has 0 aromatic heterocycles. The Labute approximate surface area is 150 Å². The smallest absolute Gasteiger partial charge is 0.118 e. The number of nitrogens with zero attached hydrogens (tertiary/aromatic N) is 1. The first kappa shape index (κ1) is 17.8. The average Bonchev–Trinajstić information content (AvgIpc) is 2.66. The number of nitrogens with one attached hydrogen (secondary N) is 1. The molecule has 1 atom stereocenters. The van der Waals surface area contributed by atoms with Gasteiger partial charge in [-0.05, 0) is 61.3 Å². The summed E-state index contributed by atoms with van der Waals surface area (Å²) < 4.78 is 5.29. The third-order valence-electron chi connectivity index (χ3n) is 4.91. The zero-order valence-electron chi connectivity index (χ0n) is 14.9. The Morgan fingerprint density at radius 2 is 1.84 bits per heavy atom. The van der Waals surface area contributed by atoms with Crippen LogP contribution in [-0.4, -0.2) is 36.8 Å². The quantitative estimate of drug-likeness (QED) is 0.806. The van der Waals surface area contributed by atoms with E-state index in [-0.39, 0.29) is 0 Å². The molecule has 0 spiro atoms. The van der Waals surface area contributed by atoms with Gasteiger partial charge >= 0.3 is 0 Å². The fourth-order valence-electron chi connectivity index (χ4n) is 3.53. The number of benzene rings is 2. The SMILES string of the molecule is COc1ccc(C(CNCc2cccc(O)c2)N2CCCCC2)cc1. The Hall–Kier alpha value is -2.04. The van der Waals surface area contributed by atoms with Crippen molar-refractivity contribution in [3.05, 3.63) is 59.7 Å². The van der Waals surface area contributed by atoms with E-state index in [9.17, 15) is 5.11 Å². The van der Waals surface area contributed by atoms with E-state index in [2.05, 4.69) is 22.3 Å². The van der Waals surface area contributed by atoms with Crippen LogP contribution in [0.25, 0.3) is 0 Å². The highest BCUT2D eigenvalue weighted by molar-refractivity contribution is 5.30.